The van der Waals surface area contributed by atoms with Gasteiger partial charge in [-0.05, 0) is 43.7 Å². The van der Waals surface area contributed by atoms with Gasteiger partial charge in [0.15, 0.2) is 0 Å². The zero-order valence-electron chi connectivity index (χ0n) is 19.5. The van der Waals surface area contributed by atoms with Crippen molar-refractivity contribution in [3.05, 3.63) is 82.3 Å². The zero-order chi connectivity index (χ0) is 24.2. The van der Waals surface area contributed by atoms with Crippen LogP contribution in [-0.4, -0.2) is 54.9 Å². The third kappa shape index (κ3) is 5.11. The smallest absolute Gasteiger partial charge is 0.257 e. The molecule has 34 heavy (non-hydrogen) atoms. The molecule has 0 spiro atoms. The van der Waals surface area contributed by atoms with Crippen molar-refractivity contribution in [1.82, 2.24) is 9.80 Å². The highest BCUT2D eigenvalue weighted by molar-refractivity contribution is 6.32. The number of carbonyl (C=O) groups excluding carboxylic acids is 2. The summed E-state index contributed by atoms with van der Waals surface area (Å²) < 4.78 is 10.7. The molecule has 0 aliphatic carbocycles. The van der Waals surface area contributed by atoms with E-state index >= 15 is 0 Å². The first-order valence-electron chi connectivity index (χ1n) is 11.2. The lowest BCUT2D eigenvalue weighted by molar-refractivity contribution is -0.122. The van der Waals surface area contributed by atoms with Crippen molar-refractivity contribution in [2.45, 2.75) is 19.9 Å². The molecular formula is C26H28ClN3O4. The van der Waals surface area contributed by atoms with Gasteiger partial charge in [-0.15, -0.1) is 0 Å². The number of rotatable bonds is 6. The van der Waals surface area contributed by atoms with Crippen LogP contribution in [0.3, 0.4) is 0 Å². The number of hydrogen-bond donors (Lipinski definition) is 1. The predicted octanol–water partition coefficient (Wildman–Crippen LogP) is 4.70. The molecule has 8 heteroatoms. The van der Waals surface area contributed by atoms with Crippen molar-refractivity contribution in [1.29, 1.82) is 0 Å². The third-order valence-electron chi connectivity index (χ3n) is 6.02. The van der Waals surface area contributed by atoms with Crippen LogP contribution in [0, 0.1) is 13.8 Å². The molecular weight excluding hydrogens is 454 g/mol. The third-order valence-corrected chi connectivity index (χ3v) is 6.32. The number of carbonyl (C=O) groups is 2. The second kappa shape index (κ2) is 10.3. The molecule has 178 valence electrons. The highest BCUT2D eigenvalue weighted by Gasteiger charge is 2.32. The molecule has 1 N–H and O–H groups in total. The summed E-state index contributed by atoms with van der Waals surface area (Å²) in [5, 5.41) is 3.41. The second-order valence-electron chi connectivity index (χ2n) is 8.31. The molecule has 0 radical (unpaired) electrons. The summed E-state index contributed by atoms with van der Waals surface area (Å²) in [5.74, 6) is 1.70. The predicted molar refractivity (Wildman–Crippen MR) is 131 cm³/mol. The molecule has 3 aromatic rings. The number of benzene rings is 2. The largest absolute Gasteiger partial charge is 0.495 e. The Bertz CT molecular complexity index is 1170. The van der Waals surface area contributed by atoms with Gasteiger partial charge in [-0.2, -0.15) is 0 Å². The average molecular weight is 482 g/mol. The monoisotopic (exact) mass is 481 g/mol. The van der Waals surface area contributed by atoms with Crippen LogP contribution in [0.5, 0.6) is 5.75 Å². The second-order valence-corrected chi connectivity index (χ2v) is 8.71. The number of nitrogens with one attached hydrogen (secondary N) is 1. The van der Waals surface area contributed by atoms with Crippen LogP contribution in [0.4, 0.5) is 5.69 Å². The molecule has 2 amide bonds. The van der Waals surface area contributed by atoms with Gasteiger partial charge in [-0.25, -0.2) is 0 Å². The molecule has 1 unspecified atom stereocenters. The van der Waals surface area contributed by atoms with E-state index in [9.17, 15) is 9.59 Å². The number of hydrogen-bond acceptors (Lipinski definition) is 5. The number of methoxy groups -OCH3 is 1. The average Bonchev–Trinajstić information content (AvgIpc) is 3.18. The van der Waals surface area contributed by atoms with Crippen molar-refractivity contribution in [2.75, 3.05) is 38.6 Å². The van der Waals surface area contributed by atoms with Gasteiger partial charge < -0.3 is 19.4 Å². The first kappa shape index (κ1) is 23.9. The first-order valence-corrected chi connectivity index (χ1v) is 11.5. The molecule has 1 saturated heterocycles. The minimum Gasteiger partial charge on any atom is -0.495 e. The maximum absolute atomic E-state index is 13.4. The van der Waals surface area contributed by atoms with E-state index in [1.165, 1.54) is 0 Å². The normalized spacial score (nSPS) is 15.1. The van der Waals surface area contributed by atoms with E-state index in [2.05, 4.69) is 10.2 Å². The molecule has 2 heterocycles. The molecule has 1 aliphatic heterocycles. The highest BCUT2D eigenvalue weighted by atomic mass is 35.5. The van der Waals surface area contributed by atoms with Crippen molar-refractivity contribution in [3.63, 3.8) is 0 Å². The number of furan rings is 1. The number of aryl methyl sites for hydroxylation is 2. The molecule has 2 aromatic carbocycles. The number of halogens is 1. The van der Waals surface area contributed by atoms with Gasteiger partial charge in [-0.1, -0.05) is 41.9 Å². The molecule has 1 aromatic heterocycles. The van der Waals surface area contributed by atoms with Gasteiger partial charge in [0.2, 0.25) is 5.91 Å². The Balaban J connectivity index is 1.50. The molecule has 0 saturated carbocycles. The fourth-order valence-corrected chi connectivity index (χ4v) is 4.57. The maximum atomic E-state index is 13.4. The summed E-state index contributed by atoms with van der Waals surface area (Å²) in [6, 6.07) is 16.1. The number of nitrogens with zero attached hydrogens (tertiary/aromatic N) is 2. The van der Waals surface area contributed by atoms with Gasteiger partial charge in [-0.3, -0.25) is 14.5 Å². The number of anilines is 1. The first-order chi connectivity index (χ1) is 16.4. The summed E-state index contributed by atoms with van der Waals surface area (Å²) >= 11 is 6.24. The van der Waals surface area contributed by atoms with Crippen LogP contribution >= 0.6 is 11.6 Å². The quantitative estimate of drug-likeness (QED) is 0.552. The fourth-order valence-electron chi connectivity index (χ4n) is 4.31. The molecule has 1 fully saturated rings. The molecule has 7 nitrogen and oxygen atoms in total. The minimum absolute atomic E-state index is 0.0393. The maximum Gasteiger partial charge on any atom is 0.257 e. The van der Waals surface area contributed by atoms with E-state index < -0.39 is 6.04 Å². The Kier molecular flexibility index (Phi) is 7.24. The fraction of sp³-hybridized carbons (Fsp3) is 0.308. The number of piperazine rings is 1. The van der Waals surface area contributed by atoms with Crippen LogP contribution in [-0.2, 0) is 4.79 Å². The summed E-state index contributed by atoms with van der Waals surface area (Å²) in [6.45, 7) is 5.81. The van der Waals surface area contributed by atoms with Crippen molar-refractivity contribution in [3.8, 4) is 5.75 Å². The number of ether oxygens (including phenoxy) is 1. The van der Waals surface area contributed by atoms with Crippen LogP contribution in [0.1, 0.15) is 33.5 Å². The molecule has 1 aliphatic rings. The lowest BCUT2D eigenvalue weighted by atomic mass is 10.0. The van der Waals surface area contributed by atoms with Crippen molar-refractivity contribution in [2.24, 2.45) is 0 Å². The molecule has 1 atom stereocenters. The Morgan fingerprint density at radius 1 is 1.03 bits per heavy atom. The van der Waals surface area contributed by atoms with E-state index in [0.717, 1.165) is 11.3 Å². The van der Waals surface area contributed by atoms with Crippen molar-refractivity contribution >= 4 is 29.1 Å². The summed E-state index contributed by atoms with van der Waals surface area (Å²) in [6.07, 6.45) is 0. The summed E-state index contributed by atoms with van der Waals surface area (Å²) in [5.41, 5.74) is 2.08. The summed E-state index contributed by atoms with van der Waals surface area (Å²) in [7, 11) is 1.55. The minimum atomic E-state index is -0.503. The van der Waals surface area contributed by atoms with Crippen molar-refractivity contribution < 1.29 is 18.7 Å². The zero-order valence-corrected chi connectivity index (χ0v) is 20.3. The van der Waals surface area contributed by atoms with Crippen LogP contribution in [0.15, 0.2) is 59.0 Å². The Labute approximate surface area is 204 Å². The van der Waals surface area contributed by atoms with Gasteiger partial charge >= 0.3 is 0 Å². The Morgan fingerprint density at radius 2 is 1.74 bits per heavy atom. The SMILES string of the molecule is COc1ccc(NC(=O)C(c2ccccc2)N2CCN(C(=O)c3cc(C)oc3C)CC2)cc1Cl. The molecule has 0 bridgehead atoms. The van der Waals surface area contributed by atoms with E-state index in [-0.39, 0.29) is 11.8 Å². The Hall–Kier alpha value is -3.29. The lowest BCUT2D eigenvalue weighted by Gasteiger charge is -2.38. The topological polar surface area (TPSA) is 75.0 Å². The summed E-state index contributed by atoms with van der Waals surface area (Å²) in [4.78, 5) is 30.3. The van der Waals surface area contributed by atoms with E-state index in [0.29, 0.717) is 54.0 Å². The van der Waals surface area contributed by atoms with Crippen LogP contribution < -0.4 is 10.1 Å². The molecule has 4 rings (SSSR count). The lowest BCUT2D eigenvalue weighted by Crippen LogP contribution is -2.51. The standard InChI is InChI=1S/C26H28ClN3O4/c1-17-15-21(18(2)34-17)26(32)30-13-11-29(12-14-30)24(19-7-5-4-6-8-19)25(31)28-20-9-10-23(33-3)22(27)16-20/h4-10,15-16,24H,11-14H2,1-3H3,(H,28,31). The van der Waals surface area contributed by atoms with E-state index in [1.54, 1.807) is 38.3 Å². The van der Waals surface area contributed by atoms with E-state index in [4.69, 9.17) is 20.8 Å². The van der Waals surface area contributed by atoms with E-state index in [1.807, 2.05) is 42.2 Å². The van der Waals surface area contributed by atoms with Gasteiger partial charge in [0, 0.05) is 31.9 Å². The Morgan fingerprint density at radius 3 is 2.32 bits per heavy atom. The van der Waals surface area contributed by atoms with Gasteiger partial charge in [0.25, 0.3) is 5.91 Å². The highest BCUT2D eigenvalue weighted by Crippen LogP contribution is 2.29. The van der Waals surface area contributed by atoms with Gasteiger partial charge in [0.1, 0.15) is 23.3 Å². The van der Waals surface area contributed by atoms with Crippen LogP contribution in [0.25, 0.3) is 0 Å². The van der Waals surface area contributed by atoms with Crippen LogP contribution in [0.2, 0.25) is 5.02 Å². The van der Waals surface area contributed by atoms with Gasteiger partial charge in [0.05, 0.1) is 17.7 Å². The number of amides is 2.